The normalized spacial score (nSPS) is 25.7. The highest BCUT2D eigenvalue weighted by Crippen LogP contribution is 2.33. The maximum Gasteiger partial charge on any atom is 0.247 e. The predicted octanol–water partition coefficient (Wildman–Crippen LogP) is 0.599. The number of ether oxygens (including phenoxy) is 2. The van der Waals surface area contributed by atoms with Gasteiger partial charge < -0.3 is 20.1 Å². The summed E-state index contributed by atoms with van der Waals surface area (Å²) in [7, 11) is 0. The van der Waals surface area contributed by atoms with Gasteiger partial charge in [-0.2, -0.15) is 0 Å². The first-order valence-electron chi connectivity index (χ1n) is 7.89. The zero-order chi connectivity index (χ0) is 16.4. The van der Waals surface area contributed by atoms with E-state index < -0.39 is 18.0 Å². The molecule has 1 amide bonds. The number of hydrogen-bond acceptors (Lipinski definition) is 5. The lowest BCUT2D eigenvalue weighted by molar-refractivity contribution is -0.121. The van der Waals surface area contributed by atoms with Gasteiger partial charge in [-0.3, -0.25) is 9.69 Å². The minimum Gasteiger partial charge on any atom is -0.486 e. The molecule has 0 aliphatic carbocycles. The lowest BCUT2D eigenvalue weighted by Crippen LogP contribution is -2.51. The van der Waals surface area contributed by atoms with Crippen molar-refractivity contribution in [2.45, 2.75) is 19.1 Å². The van der Waals surface area contributed by atoms with E-state index in [1.54, 1.807) is 17.9 Å². The summed E-state index contributed by atoms with van der Waals surface area (Å²) in [6.07, 6.45) is -0.458. The second-order valence-corrected chi connectivity index (χ2v) is 5.90. The molecule has 0 spiro atoms. The summed E-state index contributed by atoms with van der Waals surface area (Å²) in [5, 5.41) is 0. The van der Waals surface area contributed by atoms with Crippen molar-refractivity contribution < 1.29 is 18.7 Å². The van der Waals surface area contributed by atoms with Crippen LogP contribution >= 0.6 is 0 Å². The van der Waals surface area contributed by atoms with E-state index in [-0.39, 0.29) is 5.91 Å². The molecule has 2 N–H and O–H groups in total. The molecule has 0 saturated carbocycles. The fraction of sp³-hybridized carbons (Fsp3) is 0.562. The van der Waals surface area contributed by atoms with Crippen molar-refractivity contribution in [1.82, 2.24) is 4.90 Å². The van der Waals surface area contributed by atoms with Crippen LogP contribution in [0.5, 0.6) is 5.75 Å². The minimum atomic E-state index is -0.768. The Balaban J connectivity index is 1.83. The predicted molar refractivity (Wildman–Crippen MR) is 84.1 cm³/mol. The highest BCUT2D eigenvalue weighted by molar-refractivity contribution is 5.99. The molecule has 1 fully saturated rings. The molecule has 2 aliphatic rings. The Hall–Kier alpha value is -1.70. The van der Waals surface area contributed by atoms with Crippen LogP contribution in [-0.4, -0.2) is 62.3 Å². The van der Waals surface area contributed by atoms with Gasteiger partial charge in [0.15, 0.2) is 0 Å². The van der Waals surface area contributed by atoms with Crippen LogP contribution in [0, 0.1) is 5.82 Å². The molecule has 126 valence electrons. The van der Waals surface area contributed by atoms with Gasteiger partial charge in [0, 0.05) is 32.2 Å². The Labute approximate surface area is 134 Å². The summed E-state index contributed by atoms with van der Waals surface area (Å²) in [6.45, 7) is 5.93. The number of carbonyl (C=O) groups excluding carboxylic acids is 1. The van der Waals surface area contributed by atoms with Crippen molar-refractivity contribution in [2.75, 3.05) is 44.3 Å². The molecule has 3 rings (SSSR count). The first kappa shape index (κ1) is 16.2. The molecule has 0 aromatic heterocycles. The first-order chi connectivity index (χ1) is 11.1. The van der Waals surface area contributed by atoms with E-state index in [0.29, 0.717) is 37.7 Å². The van der Waals surface area contributed by atoms with Crippen LogP contribution in [0.25, 0.3) is 0 Å². The zero-order valence-corrected chi connectivity index (χ0v) is 13.2. The summed E-state index contributed by atoms with van der Waals surface area (Å²) in [5.41, 5.74) is 6.44. The lowest BCUT2D eigenvalue weighted by atomic mass is 10.1. The van der Waals surface area contributed by atoms with Gasteiger partial charge in [0.25, 0.3) is 0 Å². The maximum absolute atomic E-state index is 13.7. The van der Waals surface area contributed by atoms with Gasteiger partial charge in [0.2, 0.25) is 5.91 Å². The number of amides is 1. The number of nitrogens with zero attached hydrogens (tertiary/aromatic N) is 2. The number of benzene rings is 1. The van der Waals surface area contributed by atoms with Gasteiger partial charge in [-0.1, -0.05) is 0 Å². The van der Waals surface area contributed by atoms with E-state index in [1.807, 2.05) is 0 Å². The molecule has 0 radical (unpaired) electrons. The molecule has 6 nitrogen and oxygen atoms in total. The number of halogens is 1. The number of nitrogens with two attached hydrogens (primary N) is 1. The SMILES string of the molecule is C[C@H]1Oc2ccc(F)cc2N(CCN2CCOCC2)C(=O)[C@H]1N. The van der Waals surface area contributed by atoms with Crippen LogP contribution in [-0.2, 0) is 9.53 Å². The van der Waals surface area contributed by atoms with Crippen molar-refractivity contribution >= 4 is 11.6 Å². The van der Waals surface area contributed by atoms with Crippen LogP contribution in [0.2, 0.25) is 0 Å². The quantitative estimate of drug-likeness (QED) is 0.882. The third-order valence-corrected chi connectivity index (χ3v) is 4.33. The standard InChI is InChI=1S/C16H22FN3O3/c1-11-15(18)16(21)20(5-4-19-6-8-22-9-7-19)13-10-12(17)2-3-14(13)23-11/h2-3,10-11,15H,4-9,18H2,1H3/t11-,15+/m1/s1. The topological polar surface area (TPSA) is 68.0 Å². The summed E-state index contributed by atoms with van der Waals surface area (Å²) in [6, 6.07) is 3.44. The van der Waals surface area contributed by atoms with Gasteiger partial charge >= 0.3 is 0 Å². The van der Waals surface area contributed by atoms with E-state index >= 15 is 0 Å². The number of fused-ring (bicyclic) bond motifs is 1. The van der Waals surface area contributed by atoms with Gasteiger partial charge in [-0.05, 0) is 19.1 Å². The summed E-state index contributed by atoms with van der Waals surface area (Å²) >= 11 is 0. The Morgan fingerprint density at radius 1 is 1.30 bits per heavy atom. The van der Waals surface area contributed by atoms with Gasteiger partial charge in [0.05, 0.1) is 18.9 Å². The summed E-state index contributed by atoms with van der Waals surface area (Å²) in [4.78, 5) is 16.4. The minimum absolute atomic E-state index is 0.241. The van der Waals surface area contributed by atoms with Crippen molar-refractivity contribution in [3.05, 3.63) is 24.0 Å². The van der Waals surface area contributed by atoms with Gasteiger partial charge in [0.1, 0.15) is 23.7 Å². The van der Waals surface area contributed by atoms with Crippen LogP contribution < -0.4 is 15.4 Å². The van der Waals surface area contributed by atoms with Crippen LogP contribution in [0.4, 0.5) is 10.1 Å². The van der Waals surface area contributed by atoms with E-state index in [2.05, 4.69) is 4.90 Å². The molecular weight excluding hydrogens is 301 g/mol. The van der Waals surface area contributed by atoms with Crippen LogP contribution in [0.15, 0.2) is 18.2 Å². The molecule has 1 saturated heterocycles. The third-order valence-electron chi connectivity index (χ3n) is 4.33. The van der Waals surface area contributed by atoms with Gasteiger partial charge in [-0.15, -0.1) is 0 Å². The zero-order valence-electron chi connectivity index (χ0n) is 13.2. The molecule has 2 heterocycles. The summed E-state index contributed by atoms with van der Waals surface area (Å²) in [5.74, 6) is -0.156. The maximum atomic E-state index is 13.7. The number of anilines is 1. The van der Waals surface area contributed by atoms with Gasteiger partial charge in [-0.25, -0.2) is 4.39 Å². The van der Waals surface area contributed by atoms with Crippen molar-refractivity contribution in [2.24, 2.45) is 5.73 Å². The molecule has 0 unspecified atom stereocenters. The molecule has 2 aliphatic heterocycles. The molecular formula is C16H22FN3O3. The number of rotatable bonds is 3. The molecule has 2 atom stereocenters. The van der Waals surface area contributed by atoms with E-state index in [1.165, 1.54) is 12.1 Å². The highest BCUT2D eigenvalue weighted by atomic mass is 19.1. The Morgan fingerprint density at radius 2 is 2.04 bits per heavy atom. The Morgan fingerprint density at radius 3 is 2.78 bits per heavy atom. The fourth-order valence-electron chi connectivity index (χ4n) is 2.87. The van der Waals surface area contributed by atoms with Crippen molar-refractivity contribution in [3.63, 3.8) is 0 Å². The average molecular weight is 323 g/mol. The number of morpholine rings is 1. The Kier molecular flexibility index (Phi) is 4.79. The average Bonchev–Trinajstić information content (AvgIpc) is 2.64. The monoisotopic (exact) mass is 323 g/mol. The van der Waals surface area contributed by atoms with Crippen molar-refractivity contribution in [1.29, 1.82) is 0 Å². The smallest absolute Gasteiger partial charge is 0.247 e. The van der Waals surface area contributed by atoms with E-state index in [9.17, 15) is 9.18 Å². The first-order valence-corrected chi connectivity index (χ1v) is 7.89. The number of carbonyl (C=O) groups is 1. The molecule has 1 aromatic rings. The molecule has 0 bridgehead atoms. The van der Waals surface area contributed by atoms with Crippen LogP contribution in [0.1, 0.15) is 6.92 Å². The largest absolute Gasteiger partial charge is 0.486 e. The second-order valence-electron chi connectivity index (χ2n) is 5.90. The Bertz CT molecular complexity index is 578. The summed E-state index contributed by atoms with van der Waals surface area (Å²) < 4.78 is 24.7. The molecule has 1 aromatic carbocycles. The molecule has 23 heavy (non-hydrogen) atoms. The third kappa shape index (κ3) is 3.46. The van der Waals surface area contributed by atoms with E-state index in [0.717, 1.165) is 13.1 Å². The fourth-order valence-corrected chi connectivity index (χ4v) is 2.87. The van der Waals surface area contributed by atoms with Crippen LogP contribution in [0.3, 0.4) is 0 Å². The van der Waals surface area contributed by atoms with E-state index in [4.69, 9.17) is 15.2 Å². The lowest BCUT2D eigenvalue weighted by Gasteiger charge is -2.30. The highest BCUT2D eigenvalue weighted by Gasteiger charge is 2.34. The molecule has 7 heteroatoms. The number of hydrogen-bond donors (Lipinski definition) is 1. The van der Waals surface area contributed by atoms with Crippen molar-refractivity contribution in [3.8, 4) is 5.75 Å². The second kappa shape index (κ2) is 6.82.